The van der Waals surface area contributed by atoms with Crippen LogP contribution in [0.25, 0.3) is 0 Å². The maximum Gasteiger partial charge on any atom is 0.130 e. The summed E-state index contributed by atoms with van der Waals surface area (Å²) in [5, 5.41) is 11.4. The molecule has 14 heavy (non-hydrogen) atoms. The van der Waals surface area contributed by atoms with E-state index in [0.717, 1.165) is 11.6 Å². The van der Waals surface area contributed by atoms with Crippen LogP contribution >= 0.6 is 0 Å². The minimum Gasteiger partial charge on any atom is -0.373 e. The first kappa shape index (κ1) is 10.3. The van der Waals surface area contributed by atoms with Crippen LogP contribution in [0.1, 0.15) is 6.42 Å². The van der Waals surface area contributed by atoms with Crippen molar-refractivity contribution in [3.05, 3.63) is 18.2 Å². The zero-order valence-corrected chi connectivity index (χ0v) is 8.49. The Morgan fingerprint density at radius 1 is 1.57 bits per heavy atom. The Hall–Kier alpha value is -1.76. The molecule has 1 N–H and O–H groups in total. The molecule has 4 nitrogen and oxygen atoms in total. The predicted octanol–water partition coefficient (Wildman–Crippen LogP) is 1.47. The van der Waals surface area contributed by atoms with E-state index in [9.17, 15) is 0 Å². The topological polar surface area (TPSA) is 52.0 Å². The van der Waals surface area contributed by atoms with Crippen LogP contribution in [0.2, 0.25) is 0 Å². The third-order valence-corrected chi connectivity index (χ3v) is 1.94. The molecule has 0 saturated carbocycles. The van der Waals surface area contributed by atoms with Gasteiger partial charge in [-0.25, -0.2) is 4.98 Å². The molecule has 0 unspecified atom stereocenters. The van der Waals surface area contributed by atoms with Gasteiger partial charge in [0.2, 0.25) is 0 Å². The van der Waals surface area contributed by atoms with E-state index < -0.39 is 0 Å². The molecule has 0 radical (unpaired) electrons. The van der Waals surface area contributed by atoms with E-state index in [1.54, 1.807) is 0 Å². The second-order valence-corrected chi connectivity index (χ2v) is 2.96. The highest BCUT2D eigenvalue weighted by atomic mass is 15.2. The molecule has 0 spiro atoms. The second-order valence-electron chi connectivity index (χ2n) is 2.96. The van der Waals surface area contributed by atoms with Gasteiger partial charge in [0, 0.05) is 20.6 Å². The van der Waals surface area contributed by atoms with E-state index in [-0.39, 0.29) is 0 Å². The van der Waals surface area contributed by atoms with Gasteiger partial charge in [-0.2, -0.15) is 5.26 Å². The number of nitrogens with one attached hydrogen (secondary N) is 1. The average molecular weight is 190 g/mol. The smallest absolute Gasteiger partial charge is 0.130 e. The Kier molecular flexibility index (Phi) is 3.74. The molecule has 0 aromatic carbocycles. The molecule has 0 aliphatic carbocycles. The molecule has 4 heteroatoms. The quantitative estimate of drug-likeness (QED) is 0.781. The molecule has 0 aliphatic heterocycles. The van der Waals surface area contributed by atoms with Crippen molar-refractivity contribution in [3.8, 4) is 6.07 Å². The fourth-order valence-electron chi connectivity index (χ4n) is 1.11. The van der Waals surface area contributed by atoms with E-state index in [1.165, 1.54) is 0 Å². The molecule has 0 aliphatic rings. The summed E-state index contributed by atoms with van der Waals surface area (Å²) in [4.78, 5) is 6.31. The summed E-state index contributed by atoms with van der Waals surface area (Å²) in [5.74, 6) is 1.72. The van der Waals surface area contributed by atoms with Crippen molar-refractivity contribution >= 4 is 11.6 Å². The fourth-order valence-corrected chi connectivity index (χ4v) is 1.11. The summed E-state index contributed by atoms with van der Waals surface area (Å²) in [6.45, 7) is 0.705. The number of anilines is 2. The Morgan fingerprint density at radius 3 is 3.00 bits per heavy atom. The maximum atomic E-state index is 8.45. The first-order valence-electron chi connectivity index (χ1n) is 4.51. The summed E-state index contributed by atoms with van der Waals surface area (Å²) in [5.41, 5.74) is 0. The summed E-state index contributed by atoms with van der Waals surface area (Å²) in [7, 11) is 3.76. The number of nitriles is 1. The molecule has 0 amide bonds. The van der Waals surface area contributed by atoms with Crippen LogP contribution in [0.5, 0.6) is 0 Å². The fraction of sp³-hybridized carbons (Fsp3) is 0.400. The lowest BCUT2D eigenvalue weighted by Gasteiger charge is -2.16. The Labute approximate surface area is 84.2 Å². The monoisotopic (exact) mass is 190 g/mol. The standard InChI is InChI=1S/C10H14N4/c1-12-9-5-3-6-10(13-9)14(2)8-4-7-11/h3,5-6H,4,8H2,1-2H3,(H,12,13). The first-order valence-corrected chi connectivity index (χ1v) is 4.51. The van der Waals surface area contributed by atoms with Gasteiger partial charge in [0.25, 0.3) is 0 Å². The number of nitrogens with zero attached hydrogens (tertiary/aromatic N) is 3. The molecular weight excluding hydrogens is 176 g/mol. The van der Waals surface area contributed by atoms with Crippen molar-refractivity contribution in [2.75, 3.05) is 30.9 Å². The molecule has 0 bridgehead atoms. The van der Waals surface area contributed by atoms with E-state index >= 15 is 0 Å². The Balaban J connectivity index is 2.70. The van der Waals surface area contributed by atoms with Crippen molar-refractivity contribution in [1.82, 2.24) is 4.98 Å². The van der Waals surface area contributed by atoms with Crippen LogP contribution in [0, 0.1) is 11.3 Å². The molecule has 0 fully saturated rings. The molecule has 0 saturated heterocycles. The second kappa shape index (κ2) is 5.07. The summed E-state index contributed by atoms with van der Waals surface area (Å²) >= 11 is 0. The number of rotatable bonds is 4. The van der Waals surface area contributed by atoms with Crippen LogP contribution in [0.4, 0.5) is 11.6 Å². The highest BCUT2D eigenvalue weighted by Gasteiger charge is 2.01. The van der Waals surface area contributed by atoms with E-state index in [4.69, 9.17) is 5.26 Å². The van der Waals surface area contributed by atoms with Crippen molar-refractivity contribution < 1.29 is 0 Å². The van der Waals surface area contributed by atoms with Crippen molar-refractivity contribution in [3.63, 3.8) is 0 Å². The summed E-state index contributed by atoms with van der Waals surface area (Å²) < 4.78 is 0. The highest BCUT2D eigenvalue weighted by Crippen LogP contribution is 2.12. The molecule has 1 rings (SSSR count). The van der Waals surface area contributed by atoms with E-state index in [1.807, 2.05) is 37.2 Å². The zero-order chi connectivity index (χ0) is 10.4. The predicted molar refractivity (Wildman–Crippen MR) is 57.3 cm³/mol. The normalized spacial score (nSPS) is 9.21. The van der Waals surface area contributed by atoms with Crippen LogP contribution in [0.15, 0.2) is 18.2 Å². The number of hydrogen-bond acceptors (Lipinski definition) is 4. The van der Waals surface area contributed by atoms with E-state index in [2.05, 4.69) is 16.4 Å². The molecular formula is C10H14N4. The van der Waals surface area contributed by atoms with Gasteiger partial charge >= 0.3 is 0 Å². The molecule has 74 valence electrons. The Bertz CT molecular complexity index is 329. The van der Waals surface area contributed by atoms with Gasteiger partial charge in [-0.05, 0) is 12.1 Å². The van der Waals surface area contributed by atoms with E-state index in [0.29, 0.717) is 13.0 Å². The minimum absolute atomic E-state index is 0.516. The third kappa shape index (κ3) is 2.63. The summed E-state index contributed by atoms with van der Waals surface area (Å²) in [6.07, 6.45) is 0.516. The maximum absolute atomic E-state index is 8.45. The van der Waals surface area contributed by atoms with Gasteiger partial charge in [0.1, 0.15) is 11.6 Å². The summed E-state index contributed by atoms with van der Waals surface area (Å²) in [6, 6.07) is 7.89. The molecule has 1 heterocycles. The van der Waals surface area contributed by atoms with Crippen LogP contribution in [-0.2, 0) is 0 Å². The lowest BCUT2D eigenvalue weighted by molar-refractivity contribution is 0.885. The van der Waals surface area contributed by atoms with Gasteiger partial charge < -0.3 is 10.2 Å². The van der Waals surface area contributed by atoms with Crippen molar-refractivity contribution in [1.29, 1.82) is 5.26 Å². The van der Waals surface area contributed by atoms with Gasteiger partial charge in [-0.15, -0.1) is 0 Å². The Morgan fingerprint density at radius 2 is 2.36 bits per heavy atom. The third-order valence-electron chi connectivity index (χ3n) is 1.94. The number of pyridine rings is 1. The van der Waals surface area contributed by atoms with Gasteiger partial charge in [-0.1, -0.05) is 6.07 Å². The minimum atomic E-state index is 0.516. The molecule has 1 aromatic heterocycles. The van der Waals surface area contributed by atoms with Gasteiger partial charge in [0.15, 0.2) is 0 Å². The van der Waals surface area contributed by atoms with Crippen LogP contribution in [-0.4, -0.2) is 25.6 Å². The van der Waals surface area contributed by atoms with Crippen LogP contribution in [0.3, 0.4) is 0 Å². The largest absolute Gasteiger partial charge is 0.373 e. The lowest BCUT2D eigenvalue weighted by Crippen LogP contribution is -2.19. The van der Waals surface area contributed by atoms with Crippen molar-refractivity contribution in [2.24, 2.45) is 0 Å². The molecule has 0 atom stereocenters. The zero-order valence-electron chi connectivity index (χ0n) is 8.49. The van der Waals surface area contributed by atoms with Crippen LogP contribution < -0.4 is 10.2 Å². The SMILES string of the molecule is CNc1cccc(N(C)CCC#N)n1. The first-order chi connectivity index (χ1) is 6.77. The lowest BCUT2D eigenvalue weighted by atomic mass is 10.4. The number of aromatic nitrogens is 1. The molecule has 1 aromatic rings. The number of hydrogen-bond donors (Lipinski definition) is 1. The average Bonchev–Trinajstić information content (AvgIpc) is 2.26. The van der Waals surface area contributed by atoms with Crippen molar-refractivity contribution in [2.45, 2.75) is 6.42 Å². The highest BCUT2D eigenvalue weighted by molar-refractivity contribution is 5.46. The van der Waals surface area contributed by atoms with Gasteiger partial charge in [0.05, 0.1) is 12.5 Å². The van der Waals surface area contributed by atoms with Gasteiger partial charge in [-0.3, -0.25) is 0 Å².